The van der Waals surface area contributed by atoms with Crippen molar-refractivity contribution < 1.29 is 5.11 Å². The molecule has 0 aliphatic carbocycles. The molecule has 7 nitrogen and oxygen atoms in total. The third-order valence-electron chi connectivity index (χ3n) is 1.87. The van der Waals surface area contributed by atoms with Crippen LogP contribution in [0.15, 0.2) is 12.5 Å². The molecule has 0 bridgehead atoms. The van der Waals surface area contributed by atoms with Crippen LogP contribution in [-0.4, -0.2) is 41.5 Å². The number of fused-ring (bicyclic) bond motifs is 3. The highest BCUT2D eigenvalue weighted by Gasteiger charge is 2.04. The molecule has 0 amide bonds. The van der Waals surface area contributed by atoms with Crippen LogP contribution in [0.4, 0.5) is 0 Å². The fourth-order valence-corrected chi connectivity index (χ4v) is 1.51. The highest BCUT2D eigenvalue weighted by atomic mass is 32.1. The van der Waals surface area contributed by atoms with Gasteiger partial charge >= 0.3 is 0 Å². The predicted molar refractivity (Wildman–Crippen MR) is 60.6 cm³/mol. The summed E-state index contributed by atoms with van der Waals surface area (Å²) in [6.07, 6.45) is 3.28. The summed E-state index contributed by atoms with van der Waals surface area (Å²) in [5.74, 6) is 0. The van der Waals surface area contributed by atoms with Gasteiger partial charge in [0.1, 0.15) is 12.0 Å². The Morgan fingerprint density at radius 3 is 2.94 bits per heavy atom. The zero-order valence-corrected chi connectivity index (χ0v) is 9.32. The van der Waals surface area contributed by atoms with E-state index in [4.69, 9.17) is 17.3 Å². The lowest BCUT2D eigenvalue weighted by atomic mass is 10.4. The lowest BCUT2D eigenvalue weighted by Crippen LogP contribution is -1.90. The number of aromatic amines is 2. The Labute approximate surface area is 95.1 Å². The number of aliphatic hydroxyl groups excluding tert-OH is 1. The number of aromatic nitrogens is 6. The summed E-state index contributed by atoms with van der Waals surface area (Å²) in [7, 11) is 0. The van der Waals surface area contributed by atoms with E-state index in [0.717, 1.165) is 11.0 Å². The van der Waals surface area contributed by atoms with E-state index in [-0.39, 0.29) is 6.61 Å². The summed E-state index contributed by atoms with van der Waals surface area (Å²) in [6.45, 7) is 1.93. The topological polar surface area (TPSA) is 94.9 Å². The van der Waals surface area contributed by atoms with Gasteiger partial charge in [-0.15, -0.1) is 0 Å². The molecule has 0 fully saturated rings. The fourth-order valence-electron chi connectivity index (χ4n) is 1.28. The van der Waals surface area contributed by atoms with Crippen LogP contribution in [0.25, 0.3) is 16.7 Å². The van der Waals surface area contributed by atoms with E-state index >= 15 is 0 Å². The first-order chi connectivity index (χ1) is 7.77. The third kappa shape index (κ3) is 1.68. The average molecular weight is 238 g/mol. The molecule has 3 N–H and O–H groups in total. The van der Waals surface area contributed by atoms with Crippen LogP contribution in [0.2, 0.25) is 0 Å². The SMILES string of the molecule is CCO.S=c1nc2[nH]ncc2c2[nH]ncn12. The van der Waals surface area contributed by atoms with Gasteiger partial charge in [0.2, 0.25) is 4.77 Å². The lowest BCUT2D eigenvalue weighted by Gasteiger charge is -1.91. The summed E-state index contributed by atoms with van der Waals surface area (Å²) < 4.78 is 2.16. The number of nitrogens with zero attached hydrogens (tertiary/aromatic N) is 4. The molecule has 84 valence electrons. The second kappa shape index (κ2) is 4.37. The molecule has 3 aromatic heterocycles. The molecular formula is C8H10N6OS. The van der Waals surface area contributed by atoms with Gasteiger partial charge in [-0.25, -0.2) is 0 Å². The Balaban J connectivity index is 0.000000292. The molecule has 0 saturated carbocycles. The van der Waals surface area contributed by atoms with Crippen LogP contribution in [0.3, 0.4) is 0 Å². The molecule has 0 aliphatic rings. The minimum atomic E-state index is 0.250. The largest absolute Gasteiger partial charge is 0.397 e. The summed E-state index contributed by atoms with van der Waals surface area (Å²) in [4.78, 5) is 4.14. The summed E-state index contributed by atoms with van der Waals surface area (Å²) in [5, 5.41) is 21.8. The normalized spacial score (nSPS) is 10.4. The second-order valence-electron chi connectivity index (χ2n) is 2.92. The van der Waals surface area contributed by atoms with Crippen molar-refractivity contribution in [3.63, 3.8) is 0 Å². The Morgan fingerprint density at radius 2 is 2.19 bits per heavy atom. The van der Waals surface area contributed by atoms with Gasteiger partial charge in [0.15, 0.2) is 5.65 Å². The standard InChI is InChI=1S/C6H4N6S.C2H6O/c13-6-9-4-3(1-7-10-4)5-11-8-2-12(5)6;1-2-3/h1-2,11H,(H,9,10,13);3H,2H2,1H3. The van der Waals surface area contributed by atoms with Gasteiger partial charge < -0.3 is 5.11 Å². The predicted octanol–water partition coefficient (Wildman–Crippen LogP) is 0.662. The number of hydrogen-bond donors (Lipinski definition) is 3. The molecule has 0 aliphatic heterocycles. The van der Waals surface area contributed by atoms with Gasteiger partial charge in [-0.1, -0.05) is 0 Å². The monoisotopic (exact) mass is 238 g/mol. The Hall–Kier alpha value is -1.80. The minimum absolute atomic E-state index is 0.250. The molecule has 8 heteroatoms. The molecular weight excluding hydrogens is 228 g/mol. The summed E-state index contributed by atoms with van der Waals surface area (Å²) >= 11 is 5.04. The maximum Gasteiger partial charge on any atom is 0.208 e. The van der Waals surface area contributed by atoms with Gasteiger partial charge in [-0.2, -0.15) is 15.2 Å². The smallest absolute Gasteiger partial charge is 0.208 e. The maximum absolute atomic E-state index is 7.57. The van der Waals surface area contributed by atoms with Crippen LogP contribution in [0.1, 0.15) is 6.92 Å². The van der Waals surface area contributed by atoms with E-state index in [1.54, 1.807) is 23.8 Å². The fraction of sp³-hybridized carbons (Fsp3) is 0.250. The number of rotatable bonds is 0. The van der Waals surface area contributed by atoms with E-state index in [1.165, 1.54) is 0 Å². The first-order valence-electron chi connectivity index (χ1n) is 4.63. The maximum atomic E-state index is 7.57. The lowest BCUT2D eigenvalue weighted by molar-refractivity contribution is 0.318. The van der Waals surface area contributed by atoms with Gasteiger partial charge in [0.05, 0.1) is 11.6 Å². The zero-order chi connectivity index (χ0) is 11.5. The van der Waals surface area contributed by atoms with E-state index in [1.807, 2.05) is 0 Å². The van der Waals surface area contributed by atoms with Crippen molar-refractivity contribution in [1.29, 1.82) is 0 Å². The van der Waals surface area contributed by atoms with Crippen LogP contribution in [0.5, 0.6) is 0 Å². The molecule has 0 saturated heterocycles. The van der Waals surface area contributed by atoms with Crippen LogP contribution < -0.4 is 0 Å². The molecule has 0 radical (unpaired) electrons. The van der Waals surface area contributed by atoms with Crippen molar-refractivity contribution in [3.8, 4) is 0 Å². The molecule has 16 heavy (non-hydrogen) atoms. The molecule has 0 atom stereocenters. The Morgan fingerprint density at radius 1 is 1.44 bits per heavy atom. The van der Waals surface area contributed by atoms with E-state index < -0.39 is 0 Å². The zero-order valence-electron chi connectivity index (χ0n) is 8.51. The van der Waals surface area contributed by atoms with Crippen molar-refractivity contribution in [1.82, 2.24) is 29.8 Å². The van der Waals surface area contributed by atoms with Crippen LogP contribution in [0, 0.1) is 4.77 Å². The molecule has 3 heterocycles. The van der Waals surface area contributed by atoms with Crippen LogP contribution >= 0.6 is 12.2 Å². The minimum Gasteiger partial charge on any atom is -0.397 e. The van der Waals surface area contributed by atoms with E-state index in [0.29, 0.717) is 10.4 Å². The van der Waals surface area contributed by atoms with Crippen molar-refractivity contribution in [2.75, 3.05) is 6.61 Å². The highest BCUT2D eigenvalue weighted by molar-refractivity contribution is 7.71. The van der Waals surface area contributed by atoms with Crippen molar-refractivity contribution >= 4 is 28.9 Å². The molecule has 3 rings (SSSR count). The molecule has 3 aromatic rings. The van der Waals surface area contributed by atoms with Crippen LogP contribution in [-0.2, 0) is 0 Å². The average Bonchev–Trinajstić information content (AvgIpc) is 2.83. The van der Waals surface area contributed by atoms with Crippen molar-refractivity contribution in [2.45, 2.75) is 6.92 Å². The first-order valence-corrected chi connectivity index (χ1v) is 5.04. The van der Waals surface area contributed by atoms with Gasteiger partial charge in [-0.3, -0.25) is 14.6 Å². The number of nitrogens with one attached hydrogen (secondary N) is 2. The number of H-pyrrole nitrogens is 2. The third-order valence-corrected chi connectivity index (χ3v) is 2.16. The first kappa shape index (κ1) is 10.7. The number of hydrogen-bond acceptors (Lipinski definition) is 5. The number of aliphatic hydroxyl groups is 1. The van der Waals surface area contributed by atoms with Crippen molar-refractivity contribution in [3.05, 3.63) is 17.3 Å². The van der Waals surface area contributed by atoms with Gasteiger partial charge in [0.25, 0.3) is 0 Å². The second-order valence-corrected chi connectivity index (χ2v) is 3.28. The summed E-state index contributed by atoms with van der Waals surface area (Å²) in [5.41, 5.74) is 1.48. The van der Waals surface area contributed by atoms with E-state index in [9.17, 15) is 0 Å². The highest BCUT2D eigenvalue weighted by Crippen LogP contribution is 2.12. The molecule has 0 spiro atoms. The van der Waals surface area contributed by atoms with Crippen molar-refractivity contribution in [2.24, 2.45) is 0 Å². The molecule has 0 aromatic carbocycles. The Kier molecular flexibility index (Phi) is 2.93. The Bertz CT molecular complexity index is 653. The quantitative estimate of drug-likeness (QED) is 0.500. The van der Waals surface area contributed by atoms with Gasteiger partial charge in [-0.05, 0) is 19.1 Å². The summed E-state index contributed by atoms with van der Waals surface area (Å²) in [6, 6.07) is 0. The van der Waals surface area contributed by atoms with E-state index in [2.05, 4.69) is 25.4 Å². The molecule has 0 unspecified atom stereocenters. The van der Waals surface area contributed by atoms with Gasteiger partial charge in [0, 0.05) is 6.61 Å².